The summed E-state index contributed by atoms with van der Waals surface area (Å²) in [6.45, 7) is 1.99. The maximum atomic E-state index is 12.7. The van der Waals surface area contributed by atoms with Gasteiger partial charge in [0.05, 0.1) is 4.90 Å². The van der Waals surface area contributed by atoms with Crippen molar-refractivity contribution in [3.63, 3.8) is 0 Å². The third-order valence-electron chi connectivity index (χ3n) is 1.87. The number of thioether (sulfide) groups is 1. The minimum Gasteiger partial charge on any atom is -0.423 e. The highest BCUT2D eigenvalue weighted by molar-refractivity contribution is 8.00. The second-order valence-corrected chi connectivity index (χ2v) is 3.92. The molecule has 0 atom stereocenters. The number of halogens is 2. The second kappa shape index (κ2) is 2.87. The Hall–Kier alpha value is -0.770. The van der Waals surface area contributed by atoms with Gasteiger partial charge in [0, 0.05) is 0 Å². The quantitative estimate of drug-likeness (QED) is 0.691. The van der Waals surface area contributed by atoms with Crippen molar-refractivity contribution in [2.24, 2.45) is 0 Å². The van der Waals surface area contributed by atoms with Crippen LogP contribution in [0.4, 0.5) is 8.78 Å². The predicted octanol–water partition coefficient (Wildman–Crippen LogP) is 3.28. The lowest BCUT2D eigenvalue weighted by Crippen LogP contribution is -2.13. The SMILES string of the molecule is CCc1ccc2c(c1)SC(F)(F)O2. The lowest BCUT2D eigenvalue weighted by Gasteiger charge is -2.04. The van der Waals surface area contributed by atoms with Gasteiger partial charge in [-0.3, -0.25) is 0 Å². The second-order valence-electron chi connectivity index (χ2n) is 2.80. The minimum atomic E-state index is -3.09. The number of hydrogen-bond donors (Lipinski definition) is 0. The van der Waals surface area contributed by atoms with E-state index in [-0.39, 0.29) is 5.75 Å². The zero-order chi connectivity index (χ0) is 9.47. The van der Waals surface area contributed by atoms with E-state index in [1.54, 1.807) is 18.2 Å². The number of rotatable bonds is 1. The summed E-state index contributed by atoms with van der Waals surface area (Å²) in [6.07, 6.45) is 0.847. The lowest BCUT2D eigenvalue weighted by molar-refractivity contribution is -0.0822. The average Bonchev–Trinajstić information content (AvgIpc) is 2.36. The van der Waals surface area contributed by atoms with Crippen LogP contribution < -0.4 is 4.74 Å². The Balaban J connectivity index is 2.36. The van der Waals surface area contributed by atoms with Gasteiger partial charge < -0.3 is 4.74 Å². The van der Waals surface area contributed by atoms with E-state index in [1.165, 1.54) is 0 Å². The summed E-state index contributed by atoms with van der Waals surface area (Å²) in [7, 11) is 0. The van der Waals surface area contributed by atoms with Gasteiger partial charge in [-0.25, -0.2) is 0 Å². The van der Waals surface area contributed by atoms with Crippen LogP contribution in [0, 0.1) is 0 Å². The van der Waals surface area contributed by atoms with E-state index in [0.717, 1.165) is 12.0 Å². The number of hydrogen-bond acceptors (Lipinski definition) is 2. The smallest absolute Gasteiger partial charge is 0.423 e. The Labute approximate surface area is 79.1 Å². The van der Waals surface area contributed by atoms with Crippen LogP contribution in [-0.4, -0.2) is 5.44 Å². The van der Waals surface area contributed by atoms with Crippen LogP contribution in [0.5, 0.6) is 5.75 Å². The Bertz CT molecular complexity index is 338. The Morgan fingerprint density at radius 2 is 2.23 bits per heavy atom. The summed E-state index contributed by atoms with van der Waals surface area (Å²) in [6, 6.07) is 5.16. The molecule has 1 heterocycles. The van der Waals surface area contributed by atoms with Crippen molar-refractivity contribution in [2.45, 2.75) is 23.7 Å². The number of alkyl halides is 2. The first-order chi connectivity index (χ1) is 6.11. The van der Waals surface area contributed by atoms with Gasteiger partial charge >= 0.3 is 5.44 Å². The molecule has 2 rings (SSSR count). The first-order valence-electron chi connectivity index (χ1n) is 3.99. The van der Waals surface area contributed by atoms with Gasteiger partial charge in [-0.2, -0.15) is 8.78 Å². The zero-order valence-corrected chi connectivity index (χ0v) is 7.83. The van der Waals surface area contributed by atoms with Crippen LogP contribution in [0.2, 0.25) is 0 Å². The van der Waals surface area contributed by atoms with Crippen molar-refractivity contribution in [1.29, 1.82) is 0 Å². The molecule has 1 aliphatic heterocycles. The fourth-order valence-corrected chi connectivity index (χ4v) is 2.02. The number of benzene rings is 1. The molecular weight excluding hydrogens is 194 g/mol. The molecule has 0 spiro atoms. The van der Waals surface area contributed by atoms with Crippen LogP contribution in [0.1, 0.15) is 12.5 Å². The molecule has 4 heteroatoms. The minimum absolute atomic E-state index is 0.284. The average molecular weight is 202 g/mol. The van der Waals surface area contributed by atoms with Crippen molar-refractivity contribution < 1.29 is 13.5 Å². The van der Waals surface area contributed by atoms with Crippen LogP contribution in [0.3, 0.4) is 0 Å². The summed E-state index contributed by atoms with van der Waals surface area (Å²) in [5, 5.41) is 0. The van der Waals surface area contributed by atoms with Gasteiger partial charge in [0.2, 0.25) is 0 Å². The van der Waals surface area contributed by atoms with Gasteiger partial charge in [-0.05, 0) is 35.9 Å². The fraction of sp³-hybridized carbons (Fsp3) is 0.333. The Kier molecular flexibility index (Phi) is 1.95. The molecule has 0 amide bonds. The molecule has 1 aliphatic rings. The van der Waals surface area contributed by atoms with Gasteiger partial charge in [0.15, 0.2) is 0 Å². The molecule has 0 saturated heterocycles. The standard InChI is InChI=1S/C9H8F2OS/c1-2-6-3-4-7-8(5-6)13-9(10,11)12-7/h3-5H,2H2,1H3. The molecule has 1 nitrogen and oxygen atoms in total. The van der Waals surface area contributed by atoms with Crippen LogP contribution in [0.15, 0.2) is 23.1 Å². The van der Waals surface area contributed by atoms with Gasteiger partial charge in [-0.15, -0.1) is 0 Å². The van der Waals surface area contributed by atoms with E-state index in [9.17, 15) is 8.78 Å². The zero-order valence-electron chi connectivity index (χ0n) is 7.01. The van der Waals surface area contributed by atoms with Gasteiger partial charge in [0.25, 0.3) is 0 Å². The van der Waals surface area contributed by atoms with E-state index in [2.05, 4.69) is 4.74 Å². The van der Waals surface area contributed by atoms with E-state index in [0.29, 0.717) is 16.7 Å². The third-order valence-corrected chi connectivity index (χ3v) is 2.73. The molecule has 0 N–H and O–H groups in total. The Morgan fingerprint density at radius 3 is 2.92 bits per heavy atom. The molecule has 70 valence electrons. The highest BCUT2D eigenvalue weighted by atomic mass is 32.2. The van der Waals surface area contributed by atoms with Gasteiger partial charge in [-0.1, -0.05) is 13.0 Å². The number of aryl methyl sites for hydroxylation is 1. The summed E-state index contributed by atoms with van der Waals surface area (Å²) >= 11 is 0.467. The maximum absolute atomic E-state index is 12.7. The van der Waals surface area contributed by atoms with Crippen LogP contribution in [-0.2, 0) is 6.42 Å². The monoisotopic (exact) mass is 202 g/mol. The van der Waals surface area contributed by atoms with Crippen LogP contribution >= 0.6 is 11.8 Å². The number of fused-ring (bicyclic) bond motifs is 1. The molecule has 0 radical (unpaired) electrons. The maximum Gasteiger partial charge on any atom is 0.457 e. The van der Waals surface area contributed by atoms with E-state index in [1.807, 2.05) is 6.92 Å². The lowest BCUT2D eigenvalue weighted by atomic mass is 10.2. The van der Waals surface area contributed by atoms with Crippen molar-refractivity contribution >= 4 is 11.8 Å². The molecule has 1 aromatic carbocycles. The third kappa shape index (κ3) is 1.63. The topological polar surface area (TPSA) is 9.23 Å². The van der Waals surface area contributed by atoms with E-state index >= 15 is 0 Å². The summed E-state index contributed by atoms with van der Waals surface area (Å²) in [5.74, 6) is 0.284. The molecule has 1 aromatic rings. The molecule has 13 heavy (non-hydrogen) atoms. The van der Waals surface area contributed by atoms with Crippen molar-refractivity contribution in [1.82, 2.24) is 0 Å². The molecule has 0 fully saturated rings. The summed E-state index contributed by atoms with van der Waals surface area (Å²) in [4.78, 5) is 0.532. The molecule has 0 aromatic heterocycles. The molecular formula is C9H8F2OS. The molecule has 0 bridgehead atoms. The number of ether oxygens (including phenoxy) is 1. The Morgan fingerprint density at radius 1 is 1.46 bits per heavy atom. The fourth-order valence-electron chi connectivity index (χ4n) is 1.21. The molecule has 0 unspecified atom stereocenters. The van der Waals surface area contributed by atoms with Crippen LogP contribution in [0.25, 0.3) is 0 Å². The van der Waals surface area contributed by atoms with Crippen molar-refractivity contribution in [3.05, 3.63) is 23.8 Å². The van der Waals surface area contributed by atoms with Crippen molar-refractivity contribution in [3.8, 4) is 5.75 Å². The molecule has 0 aliphatic carbocycles. The van der Waals surface area contributed by atoms with E-state index < -0.39 is 5.44 Å². The molecule has 0 saturated carbocycles. The van der Waals surface area contributed by atoms with E-state index in [4.69, 9.17) is 0 Å². The van der Waals surface area contributed by atoms with Gasteiger partial charge in [0.1, 0.15) is 5.75 Å². The first kappa shape index (κ1) is 8.81. The predicted molar refractivity (Wildman–Crippen MR) is 47.3 cm³/mol. The highest BCUT2D eigenvalue weighted by Crippen LogP contribution is 2.49. The normalized spacial score (nSPS) is 18.1. The highest BCUT2D eigenvalue weighted by Gasteiger charge is 2.41. The summed E-state index contributed by atoms with van der Waals surface area (Å²) < 4.78 is 29.9. The summed E-state index contributed by atoms with van der Waals surface area (Å²) in [5.41, 5.74) is -2.04. The first-order valence-corrected chi connectivity index (χ1v) is 4.81. The van der Waals surface area contributed by atoms with Crippen molar-refractivity contribution in [2.75, 3.05) is 0 Å². The largest absolute Gasteiger partial charge is 0.457 e.